The summed E-state index contributed by atoms with van der Waals surface area (Å²) in [5, 5.41) is 3.23. The molecule has 0 aliphatic rings. The van der Waals surface area contributed by atoms with Crippen molar-refractivity contribution in [2.45, 2.75) is 11.8 Å². The van der Waals surface area contributed by atoms with Gasteiger partial charge < -0.3 is 10.1 Å². The van der Waals surface area contributed by atoms with Gasteiger partial charge in [-0.25, -0.2) is 8.42 Å². The van der Waals surface area contributed by atoms with Crippen molar-refractivity contribution in [1.82, 2.24) is 0 Å². The van der Waals surface area contributed by atoms with Gasteiger partial charge in [-0.05, 0) is 67.1 Å². The summed E-state index contributed by atoms with van der Waals surface area (Å²) in [7, 11) is -3.80. The molecule has 0 fully saturated rings. The minimum atomic E-state index is -3.80. The topological polar surface area (TPSA) is 84.5 Å². The molecule has 172 valence electrons. The van der Waals surface area contributed by atoms with Gasteiger partial charge in [0.25, 0.3) is 15.9 Å². The van der Waals surface area contributed by atoms with Gasteiger partial charge in [0.1, 0.15) is 5.75 Å². The summed E-state index contributed by atoms with van der Waals surface area (Å²) in [4.78, 5) is 13.2. The van der Waals surface area contributed by atoms with Gasteiger partial charge in [-0.3, -0.25) is 9.52 Å². The van der Waals surface area contributed by atoms with Gasteiger partial charge in [0.15, 0.2) is 5.75 Å². The second-order valence-corrected chi connectivity index (χ2v) is 9.58. The number of hydrogen-bond acceptors (Lipinski definition) is 4. The Kier molecular flexibility index (Phi) is 6.86. The predicted molar refractivity (Wildman–Crippen MR) is 134 cm³/mol. The molecule has 4 aromatic carbocycles. The van der Waals surface area contributed by atoms with Crippen LogP contribution in [0.4, 0.5) is 11.4 Å². The summed E-state index contributed by atoms with van der Waals surface area (Å²) in [6, 6.07) is 26.9. The zero-order valence-corrected chi connectivity index (χ0v) is 19.7. The molecule has 0 bridgehead atoms. The number of anilines is 2. The molecule has 0 atom stereocenters. The van der Waals surface area contributed by atoms with Crippen LogP contribution in [0.3, 0.4) is 0 Å². The number of aryl methyl sites for hydroxylation is 1. The molecule has 4 rings (SSSR count). The third-order valence-electron chi connectivity index (χ3n) is 4.96. The molecular weight excluding hydrogens is 472 g/mol. The predicted octanol–water partition coefficient (Wildman–Crippen LogP) is 6.49. The molecule has 0 spiro atoms. The zero-order valence-electron chi connectivity index (χ0n) is 18.2. The highest BCUT2D eigenvalue weighted by Crippen LogP contribution is 2.32. The molecule has 0 aromatic heterocycles. The maximum absolute atomic E-state index is 13.0. The zero-order chi connectivity index (χ0) is 24.1. The minimum Gasteiger partial charge on any atom is -0.455 e. The SMILES string of the molecule is Cc1ccc(C(=O)Nc2cc(Cl)ccc2Oc2ccccc2)cc1NS(=O)(=O)c1ccccc1. The molecule has 0 aliphatic heterocycles. The number of halogens is 1. The first-order valence-electron chi connectivity index (χ1n) is 10.3. The average molecular weight is 493 g/mol. The van der Waals surface area contributed by atoms with Crippen molar-refractivity contribution in [1.29, 1.82) is 0 Å². The Balaban J connectivity index is 1.58. The first-order chi connectivity index (χ1) is 16.3. The number of benzene rings is 4. The first kappa shape index (κ1) is 23.4. The van der Waals surface area contributed by atoms with Crippen LogP contribution in [-0.2, 0) is 10.0 Å². The summed E-state index contributed by atoms with van der Waals surface area (Å²) in [6.45, 7) is 1.76. The van der Waals surface area contributed by atoms with E-state index >= 15 is 0 Å². The van der Waals surface area contributed by atoms with E-state index in [1.807, 2.05) is 18.2 Å². The van der Waals surface area contributed by atoms with E-state index in [1.165, 1.54) is 18.2 Å². The Hall–Kier alpha value is -3.81. The van der Waals surface area contributed by atoms with Crippen molar-refractivity contribution < 1.29 is 17.9 Å². The van der Waals surface area contributed by atoms with Crippen molar-refractivity contribution in [3.63, 3.8) is 0 Å². The van der Waals surface area contributed by atoms with Crippen LogP contribution in [0, 0.1) is 6.92 Å². The van der Waals surface area contributed by atoms with Crippen LogP contribution in [0.2, 0.25) is 5.02 Å². The summed E-state index contributed by atoms with van der Waals surface area (Å²) in [6.07, 6.45) is 0. The molecule has 0 saturated carbocycles. The lowest BCUT2D eigenvalue weighted by Gasteiger charge is -2.14. The minimum absolute atomic E-state index is 0.130. The van der Waals surface area contributed by atoms with Crippen LogP contribution in [-0.4, -0.2) is 14.3 Å². The molecule has 2 N–H and O–H groups in total. The Morgan fingerprint density at radius 1 is 0.824 bits per heavy atom. The highest BCUT2D eigenvalue weighted by molar-refractivity contribution is 7.92. The summed E-state index contributed by atoms with van der Waals surface area (Å²) >= 11 is 6.14. The van der Waals surface area contributed by atoms with Crippen molar-refractivity contribution in [2.24, 2.45) is 0 Å². The maximum atomic E-state index is 13.0. The maximum Gasteiger partial charge on any atom is 0.261 e. The molecule has 0 radical (unpaired) electrons. The van der Waals surface area contributed by atoms with E-state index in [0.717, 1.165) is 0 Å². The lowest BCUT2D eigenvalue weighted by atomic mass is 10.1. The molecule has 8 heteroatoms. The summed E-state index contributed by atoms with van der Waals surface area (Å²) in [5.41, 5.74) is 1.63. The van der Waals surface area contributed by atoms with Crippen LogP contribution in [0.25, 0.3) is 0 Å². The molecule has 1 amide bonds. The summed E-state index contributed by atoms with van der Waals surface area (Å²) in [5.74, 6) is 0.578. The van der Waals surface area contributed by atoms with Gasteiger partial charge in [0.2, 0.25) is 0 Å². The monoisotopic (exact) mass is 492 g/mol. The molecule has 0 saturated heterocycles. The van der Waals surface area contributed by atoms with Gasteiger partial charge in [-0.2, -0.15) is 0 Å². The number of amides is 1. The van der Waals surface area contributed by atoms with Crippen LogP contribution in [0.1, 0.15) is 15.9 Å². The number of rotatable bonds is 7. The number of para-hydroxylation sites is 1. The Morgan fingerprint density at radius 3 is 2.21 bits per heavy atom. The normalized spacial score (nSPS) is 11.0. The van der Waals surface area contributed by atoms with E-state index in [1.54, 1.807) is 67.6 Å². The Morgan fingerprint density at radius 2 is 1.50 bits per heavy atom. The largest absolute Gasteiger partial charge is 0.455 e. The molecule has 4 aromatic rings. The molecule has 0 heterocycles. The van der Waals surface area contributed by atoms with Crippen LogP contribution in [0.15, 0.2) is 102 Å². The fourth-order valence-corrected chi connectivity index (χ4v) is 4.49. The van der Waals surface area contributed by atoms with E-state index in [0.29, 0.717) is 33.5 Å². The van der Waals surface area contributed by atoms with Gasteiger partial charge in [0, 0.05) is 10.6 Å². The van der Waals surface area contributed by atoms with Crippen molar-refractivity contribution >= 4 is 38.9 Å². The van der Waals surface area contributed by atoms with Crippen LogP contribution in [0.5, 0.6) is 11.5 Å². The van der Waals surface area contributed by atoms with Gasteiger partial charge in [0.05, 0.1) is 16.3 Å². The quantitative estimate of drug-likeness (QED) is 0.308. The van der Waals surface area contributed by atoms with E-state index in [4.69, 9.17) is 16.3 Å². The number of hydrogen-bond donors (Lipinski definition) is 2. The lowest BCUT2D eigenvalue weighted by molar-refractivity contribution is 0.102. The molecule has 0 aliphatic carbocycles. The highest BCUT2D eigenvalue weighted by Gasteiger charge is 2.17. The molecule has 34 heavy (non-hydrogen) atoms. The van der Waals surface area contributed by atoms with E-state index in [2.05, 4.69) is 10.0 Å². The van der Waals surface area contributed by atoms with Gasteiger partial charge in [-0.1, -0.05) is 54.1 Å². The van der Waals surface area contributed by atoms with Crippen molar-refractivity contribution in [3.8, 4) is 11.5 Å². The molecular formula is C26H21ClN2O4S. The number of nitrogens with one attached hydrogen (secondary N) is 2. The molecule has 0 unspecified atom stereocenters. The smallest absolute Gasteiger partial charge is 0.261 e. The third kappa shape index (κ3) is 5.57. The second-order valence-electron chi connectivity index (χ2n) is 7.46. The third-order valence-corrected chi connectivity index (χ3v) is 6.57. The fourth-order valence-electron chi connectivity index (χ4n) is 3.18. The molecule has 6 nitrogen and oxygen atoms in total. The highest BCUT2D eigenvalue weighted by atomic mass is 35.5. The Labute approximate surface area is 203 Å². The fraction of sp³-hybridized carbons (Fsp3) is 0.0385. The van der Waals surface area contributed by atoms with Gasteiger partial charge >= 0.3 is 0 Å². The number of sulfonamides is 1. The number of carbonyl (C=O) groups is 1. The van der Waals surface area contributed by atoms with Crippen molar-refractivity contribution in [3.05, 3.63) is 113 Å². The van der Waals surface area contributed by atoms with Crippen LogP contribution < -0.4 is 14.8 Å². The van der Waals surface area contributed by atoms with E-state index in [-0.39, 0.29) is 10.5 Å². The van der Waals surface area contributed by atoms with E-state index in [9.17, 15) is 13.2 Å². The lowest BCUT2D eigenvalue weighted by Crippen LogP contribution is -2.16. The van der Waals surface area contributed by atoms with Crippen molar-refractivity contribution in [2.75, 3.05) is 10.0 Å². The number of carbonyl (C=O) groups excluding carboxylic acids is 1. The standard InChI is InChI=1S/C26H21ClN2O4S/c1-18-12-13-19(16-23(18)29-34(31,32)22-10-6-3-7-11-22)26(30)28-24-17-20(27)14-15-25(24)33-21-8-4-2-5-9-21/h2-17,29H,1H3,(H,28,30). The van der Waals surface area contributed by atoms with Crippen LogP contribution >= 0.6 is 11.6 Å². The number of ether oxygens (including phenoxy) is 1. The van der Waals surface area contributed by atoms with Gasteiger partial charge in [-0.15, -0.1) is 0 Å². The first-order valence-corrected chi connectivity index (χ1v) is 12.2. The average Bonchev–Trinajstić information content (AvgIpc) is 2.83. The Bertz CT molecular complexity index is 1430. The summed E-state index contributed by atoms with van der Waals surface area (Å²) < 4.78 is 33.9. The second kappa shape index (κ2) is 9.99. The van der Waals surface area contributed by atoms with E-state index < -0.39 is 15.9 Å².